The molecular weight excluding hydrogens is 377 g/mol. The fourth-order valence-corrected chi connectivity index (χ4v) is 3.67. The van der Waals surface area contributed by atoms with Crippen LogP contribution in [0, 0.1) is 5.82 Å². The molecule has 0 bridgehead atoms. The molecule has 2 rings (SSSR count). The van der Waals surface area contributed by atoms with Crippen molar-refractivity contribution < 1.29 is 32.2 Å². The molecule has 0 spiro atoms. The van der Waals surface area contributed by atoms with Gasteiger partial charge in [0.2, 0.25) is 10.0 Å². The lowest BCUT2D eigenvalue weighted by atomic mass is 10.1. The zero-order chi connectivity index (χ0) is 19.9. The van der Waals surface area contributed by atoms with Gasteiger partial charge in [-0.1, -0.05) is 30.3 Å². The van der Waals surface area contributed by atoms with E-state index in [2.05, 4.69) is 4.72 Å². The van der Waals surface area contributed by atoms with Gasteiger partial charge in [0.05, 0.1) is 6.61 Å². The molecule has 0 saturated carbocycles. The van der Waals surface area contributed by atoms with Crippen LogP contribution in [0.3, 0.4) is 0 Å². The molecule has 0 heterocycles. The van der Waals surface area contributed by atoms with Crippen LogP contribution in [0.2, 0.25) is 0 Å². The van der Waals surface area contributed by atoms with Crippen LogP contribution in [0.4, 0.5) is 4.39 Å². The van der Waals surface area contributed by atoms with Crippen LogP contribution in [0.5, 0.6) is 5.75 Å². The monoisotopic (exact) mass is 397 g/mol. The van der Waals surface area contributed by atoms with Gasteiger partial charge in [-0.05, 0) is 30.2 Å². The molecule has 0 aromatic heterocycles. The second-order valence-electron chi connectivity index (χ2n) is 5.63. The number of nitrogens with one attached hydrogen (secondary N) is 1. The molecule has 1 atom stereocenters. The lowest BCUT2D eigenvalue weighted by Gasteiger charge is -2.17. The maximum Gasteiger partial charge on any atom is 0.322 e. The minimum absolute atomic E-state index is 0.0526. The number of halogens is 1. The highest BCUT2D eigenvalue weighted by molar-refractivity contribution is 7.89. The number of hydrogen-bond donors (Lipinski definition) is 2. The topological polar surface area (TPSA) is 102 Å². The van der Waals surface area contributed by atoms with Crippen molar-refractivity contribution in [2.45, 2.75) is 17.4 Å². The summed E-state index contributed by atoms with van der Waals surface area (Å²) < 4.78 is 51.3. The summed E-state index contributed by atoms with van der Waals surface area (Å²) in [6.07, 6.45) is -0.0649. The number of ether oxygens (including phenoxy) is 2. The number of carboxylic acid groups (broad SMARTS) is 1. The van der Waals surface area contributed by atoms with Crippen molar-refractivity contribution in [1.29, 1.82) is 0 Å². The molecule has 0 aliphatic heterocycles. The zero-order valence-corrected chi connectivity index (χ0v) is 15.4. The maximum atomic E-state index is 13.6. The quantitative estimate of drug-likeness (QED) is 0.593. The third-order valence-electron chi connectivity index (χ3n) is 3.62. The first kappa shape index (κ1) is 20.8. The second kappa shape index (κ2) is 9.45. The van der Waals surface area contributed by atoms with Gasteiger partial charge in [0.1, 0.15) is 29.1 Å². The van der Waals surface area contributed by atoms with E-state index in [1.165, 1.54) is 13.2 Å². The molecule has 0 radical (unpaired) electrons. The Kier molecular flexibility index (Phi) is 7.28. The van der Waals surface area contributed by atoms with Crippen molar-refractivity contribution >= 4 is 16.0 Å². The summed E-state index contributed by atoms with van der Waals surface area (Å²) in [5, 5.41) is 9.39. The van der Waals surface area contributed by atoms with Gasteiger partial charge >= 0.3 is 5.97 Å². The van der Waals surface area contributed by atoms with E-state index in [9.17, 15) is 22.7 Å². The van der Waals surface area contributed by atoms with Crippen LogP contribution in [-0.2, 0) is 26.0 Å². The van der Waals surface area contributed by atoms with Gasteiger partial charge in [-0.3, -0.25) is 4.79 Å². The zero-order valence-electron chi connectivity index (χ0n) is 14.6. The van der Waals surface area contributed by atoms with E-state index in [0.717, 1.165) is 12.1 Å². The lowest BCUT2D eigenvalue weighted by Crippen LogP contribution is -2.42. The van der Waals surface area contributed by atoms with Crippen LogP contribution in [0.15, 0.2) is 53.4 Å². The van der Waals surface area contributed by atoms with Crippen molar-refractivity contribution in [1.82, 2.24) is 4.72 Å². The van der Waals surface area contributed by atoms with Crippen molar-refractivity contribution in [2.75, 3.05) is 20.3 Å². The average molecular weight is 397 g/mol. The molecule has 0 aliphatic carbocycles. The van der Waals surface area contributed by atoms with Crippen LogP contribution >= 0.6 is 0 Å². The van der Waals surface area contributed by atoms with E-state index < -0.39 is 32.7 Å². The Morgan fingerprint density at radius 2 is 1.89 bits per heavy atom. The Morgan fingerprint density at radius 1 is 1.19 bits per heavy atom. The van der Waals surface area contributed by atoms with Crippen LogP contribution in [0.1, 0.15) is 5.56 Å². The highest BCUT2D eigenvalue weighted by Crippen LogP contribution is 2.25. The molecule has 27 heavy (non-hydrogen) atoms. The summed E-state index contributed by atoms with van der Waals surface area (Å²) in [6.45, 7) is 0.257. The minimum atomic E-state index is -4.35. The van der Waals surface area contributed by atoms with E-state index >= 15 is 0 Å². The van der Waals surface area contributed by atoms with E-state index in [1.807, 2.05) is 0 Å². The van der Waals surface area contributed by atoms with Crippen molar-refractivity contribution in [2.24, 2.45) is 0 Å². The summed E-state index contributed by atoms with van der Waals surface area (Å²) >= 11 is 0. The predicted molar refractivity (Wildman–Crippen MR) is 95.7 cm³/mol. The van der Waals surface area contributed by atoms with E-state index in [-0.39, 0.29) is 25.4 Å². The van der Waals surface area contributed by atoms with Crippen molar-refractivity contribution in [3.8, 4) is 5.75 Å². The minimum Gasteiger partial charge on any atom is -0.490 e. The predicted octanol–water partition coefficient (Wildman–Crippen LogP) is 1.83. The molecule has 2 N–H and O–H groups in total. The highest BCUT2D eigenvalue weighted by atomic mass is 32.2. The number of rotatable bonds is 10. The Bertz CT molecular complexity index is 873. The number of aliphatic carboxylic acids is 1. The molecule has 0 unspecified atom stereocenters. The van der Waals surface area contributed by atoms with Crippen molar-refractivity contribution in [3.63, 3.8) is 0 Å². The normalized spacial score (nSPS) is 12.5. The summed E-state index contributed by atoms with van der Waals surface area (Å²) in [5.74, 6) is -2.23. The van der Waals surface area contributed by atoms with Gasteiger partial charge in [-0.2, -0.15) is 4.72 Å². The first-order chi connectivity index (χ1) is 12.8. The molecular formula is C18H20FNO6S. The largest absolute Gasteiger partial charge is 0.490 e. The number of carbonyl (C=O) groups is 1. The summed E-state index contributed by atoms with van der Waals surface area (Å²) in [6, 6.07) is 10.2. The fraction of sp³-hybridized carbons (Fsp3) is 0.278. The van der Waals surface area contributed by atoms with Gasteiger partial charge < -0.3 is 14.6 Å². The Morgan fingerprint density at radius 3 is 2.52 bits per heavy atom. The third kappa shape index (κ3) is 6.02. The highest BCUT2D eigenvalue weighted by Gasteiger charge is 2.28. The van der Waals surface area contributed by atoms with E-state index in [0.29, 0.717) is 5.56 Å². The fourth-order valence-electron chi connectivity index (χ4n) is 2.33. The Labute approximate surface area is 156 Å². The molecule has 7 nitrogen and oxygen atoms in total. The summed E-state index contributed by atoms with van der Waals surface area (Å²) in [7, 11) is -2.90. The van der Waals surface area contributed by atoms with E-state index in [1.54, 1.807) is 30.3 Å². The molecule has 9 heteroatoms. The van der Waals surface area contributed by atoms with Crippen LogP contribution in [0.25, 0.3) is 0 Å². The maximum absolute atomic E-state index is 13.6. The van der Waals surface area contributed by atoms with Crippen LogP contribution in [-0.4, -0.2) is 45.9 Å². The number of sulfonamides is 1. The SMILES string of the molecule is COCCOc1ccc(F)cc1S(=O)(=O)N[C@@H](Cc1ccccc1)C(=O)O. The standard InChI is InChI=1S/C18H20FNO6S/c1-25-9-10-26-16-8-7-14(19)12-17(16)27(23,24)20-15(18(21)22)11-13-5-3-2-4-6-13/h2-8,12,15,20H,9-11H2,1H3,(H,21,22)/t15-/m0/s1. The number of benzene rings is 2. The van der Waals surface area contributed by atoms with Gasteiger partial charge in [0.25, 0.3) is 0 Å². The number of methoxy groups -OCH3 is 1. The molecule has 146 valence electrons. The van der Waals surface area contributed by atoms with Gasteiger partial charge in [-0.25, -0.2) is 12.8 Å². The lowest BCUT2D eigenvalue weighted by molar-refractivity contribution is -0.138. The van der Waals surface area contributed by atoms with Gasteiger partial charge in [0, 0.05) is 7.11 Å². The third-order valence-corrected chi connectivity index (χ3v) is 5.11. The molecule has 2 aromatic carbocycles. The molecule has 2 aromatic rings. The van der Waals surface area contributed by atoms with Crippen molar-refractivity contribution in [3.05, 3.63) is 59.9 Å². The average Bonchev–Trinajstić information content (AvgIpc) is 2.63. The molecule has 0 saturated heterocycles. The Hall–Kier alpha value is -2.49. The van der Waals surface area contributed by atoms with Gasteiger partial charge in [0.15, 0.2) is 0 Å². The summed E-state index contributed by atoms with van der Waals surface area (Å²) in [4.78, 5) is 11.1. The van der Waals surface area contributed by atoms with E-state index in [4.69, 9.17) is 9.47 Å². The number of hydrogen-bond acceptors (Lipinski definition) is 5. The Balaban J connectivity index is 2.27. The first-order valence-electron chi connectivity index (χ1n) is 8.04. The summed E-state index contributed by atoms with van der Waals surface area (Å²) in [5.41, 5.74) is 0.642. The first-order valence-corrected chi connectivity index (χ1v) is 9.52. The molecule has 0 fully saturated rings. The smallest absolute Gasteiger partial charge is 0.322 e. The second-order valence-corrected chi connectivity index (χ2v) is 7.32. The number of carboxylic acids is 1. The molecule has 0 amide bonds. The van der Waals surface area contributed by atoms with Crippen LogP contribution < -0.4 is 9.46 Å². The van der Waals surface area contributed by atoms with Gasteiger partial charge in [-0.15, -0.1) is 0 Å². The molecule has 0 aliphatic rings.